The minimum Gasteiger partial charge on any atom is -0.497 e. The van der Waals surface area contributed by atoms with Crippen LogP contribution in [-0.4, -0.2) is 62.4 Å². The van der Waals surface area contributed by atoms with E-state index >= 15 is 0 Å². The molecule has 0 spiro atoms. The average Bonchev–Trinajstić information content (AvgIpc) is 2.69. The van der Waals surface area contributed by atoms with Crippen LogP contribution >= 0.6 is 0 Å². The van der Waals surface area contributed by atoms with Gasteiger partial charge < -0.3 is 25.4 Å². The van der Waals surface area contributed by atoms with Gasteiger partial charge in [0.2, 0.25) is 5.91 Å². The normalized spacial score (nSPS) is 22.3. The number of hydrogen-bond donors (Lipinski definition) is 3. The van der Waals surface area contributed by atoms with E-state index in [9.17, 15) is 14.7 Å². The van der Waals surface area contributed by atoms with E-state index in [2.05, 4.69) is 42.4 Å². The highest BCUT2D eigenvalue weighted by Gasteiger charge is 2.41. The first kappa shape index (κ1) is 23.1. The molecule has 1 aromatic carbocycles. The molecule has 8 heteroatoms. The molecule has 1 heterocycles. The maximum absolute atomic E-state index is 13.3. The maximum atomic E-state index is 13.3. The van der Waals surface area contributed by atoms with Gasteiger partial charge in [-0.2, -0.15) is 0 Å². The molecule has 1 fully saturated rings. The van der Waals surface area contributed by atoms with Gasteiger partial charge in [-0.1, -0.05) is 50.0 Å². The molecule has 0 bridgehead atoms. The summed E-state index contributed by atoms with van der Waals surface area (Å²) in [5, 5.41) is 16.7. The van der Waals surface area contributed by atoms with Gasteiger partial charge >= 0.3 is 6.03 Å². The standard InChI is InChI=1S/C23H33N3O4Si/c1-23(12-10-18(30-2)11-13-23)20(25-22(29)26-14-17(27)15-26)21(28)24-16-6-8-19(9-7-16)31(3,4)5/h6-12,17,20,27H,13-15H2,1-5H3,(H,24,28)(H,25,29)/t20-,23?/m0/s1. The second kappa shape index (κ2) is 8.88. The van der Waals surface area contributed by atoms with Gasteiger partial charge in [-0.3, -0.25) is 4.79 Å². The first-order valence-electron chi connectivity index (χ1n) is 10.6. The Morgan fingerprint density at radius 2 is 1.87 bits per heavy atom. The van der Waals surface area contributed by atoms with Crippen LogP contribution in [0.4, 0.5) is 10.5 Å². The van der Waals surface area contributed by atoms with Crippen molar-refractivity contribution < 1.29 is 19.4 Å². The molecular formula is C23H33N3O4Si. The first-order valence-corrected chi connectivity index (χ1v) is 14.1. The van der Waals surface area contributed by atoms with E-state index in [-0.39, 0.29) is 25.0 Å². The monoisotopic (exact) mass is 443 g/mol. The molecule has 3 rings (SSSR count). The van der Waals surface area contributed by atoms with Gasteiger partial charge in [0.05, 0.1) is 34.4 Å². The smallest absolute Gasteiger partial charge is 0.318 e. The van der Waals surface area contributed by atoms with E-state index in [1.165, 1.54) is 10.1 Å². The number of allylic oxidation sites excluding steroid dienone is 2. The zero-order valence-corrected chi connectivity index (χ0v) is 19.9. The number of methoxy groups -OCH3 is 1. The van der Waals surface area contributed by atoms with E-state index in [0.717, 1.165) is 5.76 Å². The zero-order chi connectivity index (χ0) is 22.8. The van der Waals surface area contributed by atoms with Crippen LogP contribution in [0, 0.1) is 5.41 Å². The summed E-state index contributed by atoms with van der Waals surface area (Å²) in [6.45, 7) is 9.32. The third-order valence-corrected chi connectivity index (χ3v) is 8.03. The molecule has 168 valence electrons. The number of aliphatic hydroxyl groups excluding tert-OH is 1. The molecule has 2 atom stereocenters. The molecule has 7 nitrogen and oxygen atoms in total. The maximum Gasteiger partial charge on any atom is 0.318 e. The molecule has 3 amide bonds. The topological polar surface area (TPSA) is 90.9 Å². The van der Waals surface area contributed by atoms with Crippen molar-refractivity contribution in [2.45, 2.75) is 45.1 Å². The van der Waals surface area contributed by atoms with Crippen LogP contribution < -0.4 is 15.8 Å². The number of benzene rings is 1. The number of rotatable bonds is 6. The predicted octanol–water partition coefficient (Wildman–Crippen LogP) is 2.42. The van der Waals surface area contributed by atoms with E-state index in [1.807, 2.05) is 37.3 Å². The first-order chi connectivity index (χ1) is 14.5. The van der Waals surface area contributed by atoms with Crippen molar-refractivity contribution in [3.05, 3.63) is 48.3 Å². The number of nitrogens with zero attached hydrogens (tertiary/aromatic N) is 1. The van der Waals surface area contributed by atoms with Crippen molar-refractivity contribution in [3.8, 4) is 0 Å². The summed E-state index contributed by atoms with van der Waals surface area (Å²) >= 11 is 0. The number of carbonyl (C=O) groups is 2. The predicted molar refractivity (Wildman–Crippen MR) is 125 cm³/mol. The highest BCUT2D eigenvalue weighted by Crippen LogP contribution is 2.34. The van der Waals surface area contributed by atoms with Crippen molar-refractivity contribution in [1.82, 2.24) is 10.2 Å². The van der Waals surface area contributed by atoms with Crippen molar-refractivity contribution in [3.63, 3.8) is 0 Å². The summed E-state index contributed by atoms with van der Waals surface area (Å²) in [5.41, 5.74) is 0.0749. The van der Waals surface area contributed by atoms with E-state index < -0.39 is 25.6 Å². The van der Waals surface area contributed by atoms with Gasteiger partial charge in [0.1, 0.15) is 11.8 Å². The average molecular weight is 444 g/mol. The Bertz CT molecular complexity index is 885. The highest BCUT2D eigenvalue weighted by molar-refractivity contribution is 6.88. The summed E-state index contributed by atoms with van der Waals surface area (Å²) in [6, 6.07) is 6.81. The number of carbonyl (C=O) groups excluding carboxylic acids is 2. The molecule has 0 radical (unpaired) electrons. The van der Waals surface area contributed by atoms with Gasteiger partial charge in [-0.05, 0) is 30.7 Å². The zero-order valence-electron chi connectivity index (χ0n) is 18.9. The SMILES string of the molecule is COC1=CCC(C)([C@@H](NC(=O)N2CC(O)C2)C(=O)Nc2ccc([Si](C)(C)C)cc2)C=C1. The minimum absolute atomic E-state index is 0.276. The van der Waals surface area contributed by atoms with E-state index in [0.29, 0.717) is 12.1 Å². The molecule has 0 saturated carbocycles. The molecule has 1 aliphatic carbocycles. The van der Waals surface area contributed by atoms with Crippen LogP contribution in [-0.2, 0) is 9.53 Å². The fraction of sp³-hybridized carbons (Fsp3) is 0.478. The Labute approximate surface area is 185 Å². The summed E-state index contributed by atoms with van der Waals surface area (Å²) in [5.74, 6) is 0.451. The Morgan fingerprint density at radius 3 is 2.35 bits per heavy atom. The van der Waals surface area contributed by atoms with Crippen LogP contribution in [0.15, 0.2) is 48.3 Å². The molecule has 0 aromatic heterocycles. The van der Waals surface area contributed by atoms with Gasteiger partial charge in [0.25, 0.3) is 0 Å². The number of β-amino-alcohol motifs (C(OH)–C–C–N with tert-alkyl or cyclic N) is 1. The fourth-order valence-corrected chi connectivity index (χ4v) is 4.89. The van der Waals surface area contributed by atoms with Crippen LogP contribution in [0.25, 0.3) is 0 Å². The van der Waals surface area contributed by atoms with Crippen molar-refractivity contribution in [1.29, 1.82) is 0 Å². The van der Waals surface area contributed by atoms with Crippen LogP contribution in [0.3, 0.4) is 0 Å². The summed E-state index contributed by atoms with van der Waals surface area (Å²) in [4.78, 5) is 27.5. The Balaban J connectivity index is 1.78. The summed E-state index contributed by atoms with van der Waals surface area (Å²) < 4.78 is 5.27. The second-order valence-electron chi connectivity index (χ2n) is 9.61. The Kier molecular flexibility index (Phi) is 6.61. The molecule has 3 N–H and O–H groups in total. The van der Waals surface area contributed by atoms with Gasteiger partial charge in [-0.15, -0.1) is 0 Å². The van der Waals surface area contributed by atoms with Crippen molar-refractivity contribution in [2.75, 3.05) is 25.5 Å². The third kappa shape index (κ3) is 5.37. The molecule has 1 unspecified atom stereocenters. The lowest BCUT2D eigenvalue weighted by molar-refractivity contribution is -0.120. The van der Waals surface area contributed by atoms with Gasteiger partial charge in [0.15, 0.2) is 0 Å². The van der Waals surface area contributed by atoms with Crippen molar-refractivity contribution in [2.24, 2.45) is 5.41 Å². The quantitative estimate of drug-likeness (QED) is 0.589. The summed E-state index contributed by atoms with van der Waals surface area (Å²) in [6.07, 6.45) is 5.70. The largest absolute Gasteiger partial charge is 0.497 e. The fourth-order valence-electron chi connectivity index (χ4n) is 3.73. The summed E-state index contributed by atoms with van der Waals surface area (Å²) in [7, 11) is 0.173. The van der Waals surface area contributed by atoms with Crippen LogP contribution in [0.2, 0.25) is 19.6 Å². The minimum atomic E-state index is -1.43. The number of hydrogen-bond acceptors (Lipinski definition) is 4. The third-order valence-electron chi connectivity index (χ3n) is 5.96. The number of amides is 3. The van der Waals surface area contributed by atoms with E-state index in [4.69, 9.17) is 4.74 Å². The lowest BCUT2D eigenvalue weighted by Gasteiger charge is -2.40. The van der Waals surface area contributed by atoms with Gasteiger partial charge in [-0.25, -0.2) is 4.79 Å². The molecular weight excluding hydrogens is 410 g/mol. The van der Waals surface area contributed by atoms with E-state index in [1.54, 1.807) is 7.11 Å². The van der Waals surface area contributed by atoms with Crippen LogP contribution in [0.1, 0.15) is 13.3 Å². The molecule has 1 saturated heterocycles. The molecule has 1 aliphatic heterocycles. The second-order valence-corrected chi connectivity index (χ2v) is 14.7. The molecule has 31 heavy (non-hydrogen) atoms. The van der Waals surface area contributed by atoms with Gasteiger partial charge in [0, 0.05) is 11.1 Å². The number of aliphatic hydroxyl groups is 1. The van der Waals surface area contributed by atoms with Crippen molar-refractivity contribution >= 4 is 30.9 Å². The van der Waals surface area contributed by atoms with Crippen LogP contribution in [0.5, 0.6) is 0 Å². The number of urea groups is 1. The number of anilines is 1. The number of nitrogens with one attached hydrogen (secondary N) is 2. The molecule has 2 aliphatic rings. The molecule has 1 aromatic rings. The highest BCUT2D eigenvalue weighted by atomic mass is 28.3. The number of likely N-dealkylation sites (tertiary alicyclic amines) is 1. The number of ether oxygens (including phenoxy) is 1. The lowest BCUT2D eigenvalue weighted by Crippen LogP contribution is -2.62. The lowest BCUT2D eigenvalue weighted by atomic mass is 9.76. The Morgan fingerprint density at radius 1 is 1.23 bits per heavy atom. The Hall–Kier alpha value is -2.58.